The Morgan fingerprint density at radius 3 is 2.57 bits per heavy atom. The van der Waals surface area contributed by atoms with Crippen molar-refractivity contribution in [1.29, 1.82) is 0 Å². The fraction of sp³-hybridized carbons (Fsp3) is 0.429. The molecule has 0 aliphatic heterocycles. The number of aryl methyl sites for hydroxylation is 1. The van der Waals surface area contributed by atoms with Crippen LogP contribution in [0.25, 0.3) is 5.13 Å². The first-order valence-corrected chi connectivity index (χ1v) is 7.46. The molecule has 21 heavy (non-hydrogen) atoms. The van der Waals surface area contributed by atoms with Gasteiger partial charge in [-0.3, -0.25) is 4.79 Å². The lowest BCUT2D eigenvalue weighted by molar-refractivity contribution is -0.136. The fourth-order valence-corrected chi connectivity index (χ4v) is 3.11. The molecule has 1 N–H and O–H groups in total. The van der Waals surface area contributed by atoms with Gasteiger partial charge >= 0.3 is 11.7 Å². The molecule has 0 bridgehead atoms. The summed E-state index contributed by atoms with van der Waals surface area (Å²) in [7, 11) is 0. The van der Waals surface area contributed by atoms with E-state index in [1.165, 1.54) is 15.9 Å². The smallest absolute Gasteiger partial charge is 0.354 e. The quantitative estimate of drug-likeness (QED) is 0.934. The predicted molar refractivity (Wildman–Crippen MR) is 80.4 cm³/mol. The van der Waals surface area contributed by atoms with Crippen LogP contribution < -0.4 is 5.69 Å². The molecular weight excluding hydrogens is 290 g/mol. The highest BCUT2D eigenvalue weighted by molar-refractivity contribution is 7.12. The van der Waals surface area contributed by atoms with E-state index >= 15 is 0 Å². The molecular formula is C14H17N3O3S. The number of carbonyl (C=O) groups is 1. The molecule has 112 valence electrons. The van der Waals surface area contributed by atoms with Gasteiger partial charge in [-0.15, -0.1) is 11.3 Å². The van der Waals surface area contributed by atoms with Crippen LogP contribution in [0.1, 0.15) is 42.4 Å². The summed E-state index contributed by atoms with van der Waals surface area (Å²) in [5, 5.41) is 11.4. The summed E-state index contributed by atoms with van der Waals surface area (Å²) in [6.07, 6.45) is -0.159. The van der Waals surface area contributed by atoms with Gasteiger partial charge in [0.2, 0.25) is 0 Å². The predicted octanol–water partition coefficient (Wildman–Crippen LogP) is 2.06. The molecule has 6 nitrogen and oxygen atoms in total. The Bertz CT molecular complexity index is 746. The van der Waals surface area contributed by atoms with E-state index < -0.39 is 11.7 Å². The molecule has 0 fully saturated rings. The lowest BCUT2D eigenvalue weighted by atomic mass is 10.1. The standard InChI is InChI=1S/C14H17N3O3S/c1-7(2)11-6-21-14(16-11)17-9(4)10(5-12(18)19)8(3)15-13(17)20/h6-7H,5H2,1-4H3,(H,18,19). The Morgan fingerprint density at radius 2 is 2.05 bits per heavy atom. The summed E-state index contributed by atoms with van der Waals surface area (Å²) in [6.45, 7) is 7.43. The van der Waals surface area contributed by atoms with Crippen molar-refractivity contribution < 1.29 is 9.90 Å². The van der Waals surface area contributed by atoms with Crippen LogP contribution in [-0.4, -0.2) is 25.6 Å². The lowest BCUT2D eigenvalue weighted by Crippen LogP contribution is -2.27. The van der Waals surface area contributed by atoms with Gasteiger partial charge in [0, 0.05) is 22.3 Å². The van der Waals surface area contributed by atoms with Crippen LogP contribution in [0.3, 0.4) is 0 Å². The first-order valence-electron chi connectivity index (χ1n) is 6.58. The molecule has 2 aromatic rings. The molecule has 0 aliphatic rings. The number of thiazole rings is 1. The zero-order valence-corrected chi connectivity index (χ0v) is 13.2. The van der Waals surface area contributed by atoms with Crippen molar-refractivity contribution in [3.05, 3.63) is 38.5 Å². The van der Waals surface area contributed by atoms with Gasteiger partial charge in [-0.25, -0.2) is 14.3 Å². The molecule has 0 atom stereocenters. The second-order valence-electron chi connectivity index (χ2n) is 5.16. The van der Waals surface area contributed by atoms with Crippen molar-refractivity contribution in [2.75, 3.05) is 0 Å². The minimum atomic E-state index is -0.949. The molecule has 2 heterocycles. The van der Waals surface area contributed by atoms with Crippen molar-refractivity contribution in [3.8, 4) is 5.13 Å². The number of aromatic nitrogens is 3. The average molecular weight is 307 g/mol. The van der Waals surface area contributed by atoms with E-state index in [1.807, 2.05) is 19.2 Å². The summed E-state index contributed by atoms with van der Waals surface area (Å²) in [5.41, 5.74) is 2.07. The Hall–Kier alpha value is -2.02. The summed E-state index contributed by atoms with van der Waals surface area (Å²) < 4.78 is 1.39. The molecule has 0 aliphatic carbocycles. The monoisotopic (exact) mass is 307 g/mol. The third kappa shape index (κ3) is 3.02. The summed E-state index contributed by atoms with van der Waals surface area (Å²) in [4.78, 5) is 31.5. The number of hydrogen-bond donors (Lipinski definition) is 1. The van der Waals surface area contributed by atoms with Crippen LogP contribution in [-0.2, 0) is 11.2 Å². The zero-order chi connectivity index (χ0) is 15.7. The van der Waals surface area contributed by atoms with Crippen molar-refractivity contribution in [3.63, 3.8) is 0 Å². The van der Waals surface area contributed by atoms with Gasteiger partial charge in [0.05, 0.1) is 12.1 Å². The van der Waals surface area contributed by atoms with Crippen molar-refractivity contribution in [2.24, 2.45) is 0 Å². The highest BCUT2D eigenvalue weighted by atomic mass is 32.1. The lowest BCUT2D eigenvalue weighted by Gasteiger charge is -2.12. The normalized spacial score (nSPS) is 11.1. The van der Waals surface area contributed by atoms with Crippen LogP contribution >= 0.6 is 11.3 Å². The zero-order valence-electron chi connectivity index (χ0n) is 12.4. The highest BCUT2D eigenvalue weighted by Gasteiger charge is 2.17. The first-order chi connectivity index (χ1) is 9.81. The summed E-state index contributed by atoms with van der Waals surface area (Å²) >= 11 is 1.36. The van der Waals surface area contributed by atoms with Gasteiger partial charge in [0.25, 0.3) is 0 Å². The van der Waals surface area contributed by atoms with Gasteiger partial charge in [-0.05, 0) is 19.8 Å². The minimum Gasteiger partial charge on any atom is -0.481 e. The third-order valence-electron chi connectivity index (χ3n) is 3.28. The molecule has 0 aromatic carbocycles. The van der Waals surface area contributed by atoms with Crippen LogP contribution in [0.4, 0.5) is 0 Å². The van der Waals surface area contributed by atoms with Gasteiger partial charge in [0.15, 0.2) is 5.13 Å². The van der Waals surface area contributed by atoms with Crippen molar-refractivity contribution in [2.45, 2.75) is 40.0 Å². The Balaban J connectivity index is 2.62. The maximum absolute atomic E-state index is 12.1. The molecule has 0 saturated carbocycles. The Kier molecular flexibility index (Phi) is 4.22. The van der Waals surface area contributed by atoms with Gasteiger partial charge in [-0.2, -0.15) is 4.98 Å². The Labute approximate surface area is 126 Å². The van der Waals surface area contributed by atoms with Crippen LogP contribution in [0.15, 0.2) is 10.2 Å². The molecule has 0 amide bonds. The van der Waals surface area contributed by atoms with Crippen molar-refractivity contribution in [1.82, 2.24) is 14.5 Å². The maximum Gasteiger partial charge on any atom is 0.354 e. The van der Waals surface area contributed by atoms with E-state index in [-0.39, 0.29) is 12.3 Å². The van der Waals surface area contributed by atoms with E-state index in [4.69, 9.17) is 5.11 Å². The van der Waals surface area contributed by atoms with Gasteiger partial charge in [0.1, 0.15) is 0 Å². The number of aliphatic carboxylic acids is 1. The number of carboxylic acid groups (broad SMARTS) is 1. The fourth-order valence-electron chi connectivity index (χ4n) is 2.08. The molecule has 0 unspecified atom stereocenters. The minimum absolute atomic E-state index is 0.159. The molecule has 0 spiro atoms. The van der Waals surface area contributed by atoms with E-state index in [2.05, 4.69) is 9.97 Å². The van der Waals surface area contributed by atoms with Crippen LogP contribution in [0, 0.1) is 13.8 Å². The highest BCUT2D eigenvalue weighted by Crippen LogP contribution is 2.22. The number of hydrogen-bond acceptors (Lipinski definition) is 5. The van der Waals surface area contributed by atoms with E-state index in [0.29, 0.717) is 22.1 Å². The summed E-state index contributed by atoms with van der Waals surface area (Å²) in [5.74, 6) is -0.682. The van der Waals surface area contributed by atoms with Gasteiger partial charge in [-0.1, -0.05) is 13.8 Å². The van der Waals surface area contributed by atoms with E-state index in [0.717, 1.165) is 5.69 Å². The largest absolute Gasteiger partial charge is 0.481 e. The van der Waals surface area contributed by atoms with E-state index in [1.54, 1.807) is 13.8 Å². The number of nitrogens with zero attached hydrogens (tertiary/aromatic N) is 3. The third-order valence-corrected chi connectivity index (χ3v) is 4.13. The second-order valence-corrected chi connectivity index (χ2v) is 6.00. The van der Waals surface area contributed by atoms with Crippen molar-refractivity contribution >= 4 is 17.3 Å². The molecule has 2 aromatic heterocycles. The summed E-state index contributed by atoms with van der Waals surface area (Å²) in [6, 6.07) is 0. The number of rotatable bonds is 4. The van der Waals surface area contributed by atoms with E-state index in [9.17, 15) is 9.59 Å². The second kappa shape index (κ2) is 5.77. The average Bonchev–Trinajstić information content (AvgIpc) is 2.83. The first kappa shape index (κ1) is 15.4. The number of carboxylic acids is 1. The molecule has 7 heteroatoms. The Morgan fingerprint density at radius 1 is 1.38 bits per heavy atom. The molecule has 2 rings (SSSR count). The molecule has 0 saturated heterocycles. The maximum atomic E-state index is 12.1. The van der Waals surface area contributed by atoms with Gasteiger partial charge < -0.3 is 5.11 Å². The SMILES string of the molecule is Cc1nc(=O)n(-c2nc(C(C)C)cs2)c(C)c1CC(=O)O. The molecule has 0 radical (unpaired) electrons. The topological polar surface area (TPSA) is 85.1 Å². The van der Waals surface area contributed by atoms with Crippen LogP contribution in [0.2, 0.25) is 0 Å². The van der Waals surface area contributed by atoms with Crippen LogP contribution in [0.5, 0.6) is 0 Å².